The molecule has 2 amide bonds. The van der Waals surface area contributed by atoms with Gasteiger partial charge in [-0.15, -0.1) is 11.8 Å². The Balaban J connectivity index is 1.76. The van der Waals surface area contributed by atoms with Crippen LogP contribution in [0.2, 0.25) is 5.02 Å². The molecule has 0 aromatic heterocycles. The number of carbonyl (C=O) groups is 2. The van der Waals surface area contributed by atoms with Crippen LogP contribution in [0.15, 0.2) is 29.2 Å². The van der Waals surface area contributed by atoms with E-state index in [1.54, 1.807) is 11.8 Å². The molecular formula is C17H23ClN2O2S. The third-order valence-corrected chi connectivity index (χ3v) is 5.26. The van der Waals surface area contributed by atoms with Gasteiger partial charge in [0.05, 0.1) is 0 Å². The summed E-state index contributed by atoms with van der Waals surface area (Å²) in [5.41, 5.74) is 0. The number of thioether (sulfide) groups is 1. The van der Waals surface area contributed by atoms with E-state index in [0.29, 0.717) is 6.54 Å². The number of carbonyl (C=O) groups excluding carboxylic acids is 2. The van der Waals surface area contributed by atoms with Gasteiger partial charge in [-0.3, -0.25) is 9.59 Å². The van der Waals surface area contributed by atoms with E-state index in [-0.39, 0.29) is 17.7 Å². The van der Waals surface area contributed by atoms with Crippen LogP contribution in [0.4, 0.5) is 0 Å². The van der Waals surface area contributed by atoms with Gasteiger partial charge in [-0.05, 0) is 43.0 Å². The fourth-order valence-corrected chi connectivity index (χ4v) is 3.79. The predicted octanol–water partition coefficient (Wildman–Crippen LogP) is 3.24. The highest BCUT2D eigenvalue weighted by molar-refractivity contribution is 7.99. The topological polar surface area (TPSA) is 58.2 Å². The normalized spacial score (nSPS) is 16.1. The summed E-state index contributed by atoms with van der Waals surface area (Å²) in [7, 11) is 0. The zero-order valence-corrected chi connectivity index (χ0v) is 14.9. The molecular weight excluding hydrogens is 332 g/mol. The predicted molar refractivity (Wildman–Crippen MR) is 94.7 cm³/mol. The van der Waals surface area contributed by atoms with Crippen molar-refractivity contribution in [1.29, 1.82) is 0 Å². The summed E-state index contributed by atoms with van der Waals surface area (Å²) >= 11 is 7.52. The molecule has 2 N–H and O–H groups in total. The molecule has 4 nitrogen and oxygen atoms in total. The summed E-state index contributed by atoms with van der Waals surface area (Å²) in [4.78, 5) is 24.8. The number of amides is 2. The molecule has 1 aromatic rings. The van der Waals surface area contributed by atoms with Crippen molar-refractivity contribution in [3.05, 3.63) is 29.3 Å². The molecule has 0 aliphatic heterocycles. The van der Waals surface area contributed by atoms with Crippen LogP contribution in [0.1, 0.15) is 32.6 Å². The van der Waals surface area contributed by atoms with E-state index >= 15 is 0 Å². The van der Waals surface area contributed by atoms with Crippen molar-refractivity contribution in [2.24, 2.45) is 5.92 Å². The number of hydrogen-bond donors (Lipinski definition) is 2. The maximum absolute atomic E-state index is 12.4. The van der Waals surface area contributed by atoms with E-state index in [9.17, 15) is 9.59 Å². The van der Waals surface area contributed by atoms with E-state index in [1.165, 1.54) is 6.92 Å². The summed E-state index contributed by atoms with van der Waals surface area (Å²) in [5.74, 6) is 0.837. The van der Waals surface area contributed by atoms with Crippen molar-refractivity contribution < 1.29 is 9.59 Å². The Morgan fingerprint density at radius 3 is 2.52 bits per heavy atom. The highest BCUT2D eigenvalue weighted by atomic mass is 35.5. The quantitative estimate of drug-likeness (QED) is 0.583. The summed E-state index contributed by atoms with van der Waals surface area (Å²) in [5, 5.41) is 6.48. The van der Waals surface area contributed by atoms with Gasteiger partial charge in [-0.25, -0.2) is 0 Å². The van der Waals surface area contributed by atoms with Crippen molar-refractivity contribution in [2.75, 3.05) is 12.3 Å². The molecule has 1 aliphatic rings. The molecule has 1 atom stereocenters. The Morgan fingerprint density at radius 1 is 1.26 bits per heavy atom. The van der Waals surface area contributed by atoms with Gasteiger partial charge in [0, 0.05) is 29.1 Å². The summed E-state index contributed by atoms with van der Waals surface area (Å²) in [6.45, 7) is 2.04. The molecule has 2 rings (SSSR count). The minimum Gasteiger partial charge on any atom is -0.353 e. The van der Waals surface area contributed by atoms with Crippen LogP contribution >= 0.6 is 23.4 Å². The SMILES string of the molecule is CC(=O)NC(C(=O)NCCSc1ccc(Cl)cc1)C1CCCC1. The molecule has 23 heavy (non-hydrogen) atoms. The number of rotatable bonds is 7. The Morgan fingerprint density at radius 2 is 1.91 bits per heavy atom. The average molecular weight is 355 g/mol. The van der Waals surface area contributed by atoms with E-state index in [0.717, 1.165) is 41.4 Å². The van der Waals surface area contributed by atoms with Gasteiger partial charge in [-0.1, -0.05) is 24.4 Å². The van der Waals surface area contributed by atoms with E-state index in [2.05, 4.69) is 10.6 Å². The maximum atomic E-state index is 12.4. The fourth-order valence-electron chi connectivity index (χ4n) is 2.89. The lowest BCUT2D eigenvalue weighted by atomic mass is 9.97. The molecule has 1 aromatic carbocycles. The molecule has 126 valence electrons. The molecule has 0 heterocycles. The van der Waals surface area contributed by atoms with Crippen LogP contribution < -0.4 is 10.6 Å². The van der Waals surface area contributed by atoms with E-state index in [1.807, 2.05) is 24.3 Å². The van der Waals surface area contributed by atoms with Crippen LogP contribution in [-0.4, -0.2) is 30.2 Å². The third-order valence-electron chi connectivity index (χ3n) is 4.00. The number of halogens is 1. The van der Waals surface area contributed by atoms with Gasteiger partial charge in [0.2, 0.25) is 11.8 Å². The van der Waals surface area contributed by atoms with Crippen molar-refractivity contribution >= 4 is 35.2 Å². The summed E-state index contributed by atoms with van der Waals surface area (Å²) in [6, 6.07) is 7.25. The first-order valence-electron chi connectivity index (χ1n) is 7.99. The van der Waals surface area contributed by atoms with Crippen molar-refractivity contribution in [3.63, 3.8) is 0 Å². The standard InChI is InChI=1S/C17H23ClN2O2S/c1-12(21)20-16(13-4-2-3-5-13)17(22)19-10-11-23-15-8-6-14(18)7-9-15/h6-9,13,16H,2-5,10-11H2,1H3,(H,19,22)(H,20,21). The van der Waals surface area contributed by atoms with Crippen molar-refractivity contribution in [3.8, 4) is 0 Å². The highest BCUT2D eigenvalue weighted by Crippen LogP contribution is 2.28. The Kier molecular flexibility index (Phi) is 7.24. The van der Waals surface area contributed by atoms with Gasteiger partial charge in [-0.2, -0.15) is 0 Å². The lowest BCUT2D eigenvalue weighted by Crippen LogP contribution is -2.50. The van der Waals surface area contributed by atoms with Crippen LogP contribution in [0, 0.1) is 5.92 Å². The molecule has 0 saturated heterocycles. The number of hydrogen-bond acceptors (Lipinski definition) is 3. The first kappa shape index (κ1) is 18.1. The fraction of sp³-hybridized carbons (Fsp3) is 0.529. The second-order valence-electron chi connectivity index (χ2n) is 5.82. The summed E-state index contributed by atoms with van der Waals surface area (Å²) < 4.78 is 0. The Bertz CT molecular complexity index is 530. The lowest BCUT2D eigenvalue weighted by Gasteiger charge is -2.23. The van der Waals surface area contributed by atoms with Crippen LogP contribution in [0.25, 0.3) is 0 Å². The third kappa shape index (κ3) is 6.07. The molecule has 1 unspecified atom stereocenters. The van der Waals surface area contributed by atoms with Gasteiger partial charge in [0.15, 0.2) is 0 Å². The molecule has 0 spiro atoms. The zero-order chi connectivity index (χ0) is 16.7. The zero-order valence-electron chi connectivity index (χ0n) is 13.3. The van der Waals surface area contributed by atoms with Crippen LogP contribution in [-0.2, 0) is 9.59 Å². The van der Waals surface area contributed by atoms with Gasteiger partial charge < -0.3 is 10.6 Å². The highest BCUT2D eigenvalue weighted by Gasteiger charge is 2.30. The van der Waals surface area contributed by atoms with Crippen LogP contribution in [0.3, 0.4) is 0 Å². The van der Waals surface area contributed by atoms with Crippen molar-refractivity contribution in [1.82, 2.24) is 10.6 Å². The van der Waals surface area contributed by atoms with Crippen LogP contribution in [0.5, 0.6) is 0 Å². The molecule has 1 aliphatic carbocycles. The summed E-state index contributed by atoms with van der Waals surface area (Å²) in [6.07, 6.45) is 4.30. The Hall–Kier alpha value is -1.20. The van der Waals surface area contributed by atoms with Gasteiger partial charge >= 0.3 is 0 Å². The average Bonchev–Trinajstić information content (AvgIpc) is 3.04. The molecule has 6 heteroatoms. The van der Waals surface area contributed by atoms with Gasteiger partial charge in [0.25, 0.3) is 0 Å². The first-order chi connectivity index (χ1) is 11.1. The van der Waals surface area contributed by atoms with Gasteiger partial charge in [0.1, 0.15) is 6.04 Å². The Labute approximate surface area is 146 Å². The maximum Gasteiger partial charge on any atom is 0.242 e. The number of benzene rings is 1. The second-order valence-corrected chi connectivity index (χ2v) is 7.42. The van der Waals surface area contributed by atoms with E-state index in [4.69, 9.17) is 11.6 Å². The largest absolute Gasteiger partial charge is 0.353 e. The molecule has 1 saturated carbocycles. The molecule has 1 fully saturated rings. The van der Waals surface area contributed by atoms with Crippen molar-refractivity contribution in [2.45, 2.75) is 43.5 Å². The molecule has 0 bridgehead atoms. The monoisotopic (exact) mass is 354 g/mol. The minimum absolute atomic E-state index is 0.0659. The lowest BCUT2D eigenvalue weighted by molar-refractivity contribution is -0.129. The smallest absolute Gasteiger partial charge is 0.242 e. The number of nitrogens with one attached hydrogen (secondary N) is 2. The second kappa shape index (κ2) is 9.18. The minimum atomic E-state index is -0.393. The van der Waals surface area contributed by atoms with E-state index < -0.39 is 6.04 Å². The first-order valence-corrected chi connectivity index (χ1v) is 9.36. The molecule has 0 radical (unpaired) electrons.